The van der Waals surface area contributed by atoms with Crippen LogP contribution in [0.4, 0.5) is 8.78 Å². The largest absolute Gasteiger partial charge is 0.481 e. The summed E-state index contributed by atoms with van der Waals surface area (Å²) in [5, 5.41) is 0. The van der Waals surface area contributed by atoms with Crippen molar-refractivity contribution in [3.63, 3.8) is 0 Å². The monoisotopic (exact) mass is 543 g/mol. The summed E-state index contributed by atoms with van der Waals surface area (Å²) in [6.45, 7) is 6.81. The van der Waals surface area contributed by atoms with Crippen molar-refractivity contribution < 1.29 is 23.0 Å². The van der Waals surface area contributed by atoms with E-state index in [0.29, 0.717) is 5.75 Å². The Morgan fingerprint density at radius 3 is 1.92 bits per heavy atom. The first-order chi connectivity index (χ1) is 18.6. The lowest BCUT2D eigenvalue weighted by atomic mass is 10.1. The SMILES string of the molecule is Cc1cc([S+](c2ccccc2)c2ccccc2)cc(C)c1OCC(=O)OC(C)(C)C#Cc1ccc(F)cc1F. The third-order valence-corrected chi connectivity index (χ3v) is 7.95. The van der Waals surface area contributed by atoms with Crippen LogP contribution < -0.4 is 4.74 Å². The first kappa shape index (κ1) is 27.9. The standard InChI is InChI=1S/C33H29F2O3S/c1-23-19-29(39(27-11-7-5-8-12-27)28-13-9-6-10-14-28)20-24(2)32(23)37-22-31(36)38-33(3,4)18-17-25-15-16-26(34)21-30(25)35/h5-16,19-21H,22H2,1-4H3/q+1. The van der Waals surface area contributed by atoms with E-state index in [0.717, 1.165) is 28.2 Å². The molecule has 6 heteroatoms. The van der Waals surface area contributed by atoms with Gasteiger partial charge < -0.3 is 9.47 Å². The van der Waals surface area contributed by atoms with Gasteiger partial charge >= 0.3 is 5.97 Å². The van der Waals surface area contributed by atoms with Crippen molar-refractivity contribution in [3.05, 3.63) is 119 Å². The molecule has 0 aliphatic carbocycles. The molecule has 4 aromatic rings. The highest BCUT2D eigenvalue weighted by Crippen LogP contribution is 2.35. The number of hydrogen-bond acceptors (Lipinski definition) is 3. The number of benzene rings is 4. The lowest BCUT2D eigenvalue weighted by Gasteiger charge is -2.20. The van der Waals surface area contributed by atoms with E-state index in [9.17, 15) is 13.6 Å². The van der Waals surface area contributed by atoms with Crippen LogP contribution in [0.3, 0.4) is 0 Å². The van der Waals surface area contributed by atoms with Gasteiger partial charge in [-0.15, -0.1) is 0 Å². The van der Waals surface area contributed by atoms with Gasteiger partial charge in [0.1, 0.15) is 17.4 Å². The molecule has 4 aromatic carbocycles. The van der Waals surface area contributed by atoms with E-state index in [1.165, 1.54) is 15.9 Å². The predicted octanol–water partition coefficient (Wildman–Crippen LogP) is 7.43. The first-order valence-electron chi connectivity index (χ1n) is 12.4. The molecule has 0 N–H and O–H groups in total. The van der Waals surface area contributed by atoms with Crippen LogP contribution in [-0.4, -0.2) is 18.2 Å². The molecule has 0 bridgehead atoms. The fourth-order valence-corrected chi connectivity index (χ4v) is 6.32. The highest BCUT2D eigenvalue weighted by molar-refractivity contribution is 7.97. The molecule has 0 saturated heterocycles. The van der Waals surface area contributed by atoms with Crippen molar-refractivity contribution >= 4 is 16.9 Å². The van der Waals surface area contributed by atoms with E-state index in [2.05, 4.69) is 48.2 Å². The second-order valence-corrected chi connectivity index (χ2v) is 11.5. The van der Waals surface area contributed by atoms with Gasteiger partial charge in [0.2, 0.25) is 0 Å². The third-order valence-electron chi connectivity index (χ3n) is 5.76. The zero-order chi connectivity index (χ0) is 28.0. The van der Waals surface area contributed by atoms with E-state index in [-0.39, 0.29) is 23.1 Å². The van der Waals surface area contributed by atoms with Gasteiger partial charge in [-0.3, -0.25) is 0 Å². The maximum atomic E-state index is 13.9. The Balaban J connectivity index is 1.48. The quantitative estimate of drug-likeness (QED) is 0.138. The second-order valence-electron chi connectivity index (χ2n) is 9.47. The summed E-state index contributed by atoms with van der Waals surface area (Å²) in [5.41, 5.74) is 0.642. The average molecular weight is 544 g/mol. The van der Waals surface area contributed by atoms with E-state index in [1.54, 1.807) is 13.8 Å². The van der Waals surface area contributed by atoms with E-state index in [4.69, 9.17) is 9.47 Å². The molecule has 0 amide bonds. The molecular formula is C33H29F2O3S+. The molecule has 0 saturated carbocycles. The maximum absolute atomic E-state index is 13.9. The minimum atomic E-state index is -1.20. The number of carbonyl (C=O) groups excluding carboxylic acids is 1. The van der Waals surface area contributed by atoms with Crippen LogP contribution in [-0.2, 0) is 20.4 Å². The Labute approximate surface area is 231 Å². The van der Waals surface area contributed by atoms with E-state index >= 15 is 0 Å². The summed E-state index contributed by atoms with van der Waals surface area (Å²) in [5.74, 6) is 3.90. The zero-order valence-corrected chi connectivity index (χ0v) is 23.1. The zero-order valence-electron chi connectivity index (χ0n) is 22.3. The first-order valence-corrected chi connectivity index (χ1v) is 13.6. The van der Waals surface area contributed by atoms with Crippen molar-refractivity contribution in [1.82, 2.24) is 0 Å². The molecule has 198 valence electrons. The molecule has 0 unspecified atom stereocenters. The Hall–Kier alpha value is -4.08. The Kier molecular flexibility index (Phi) is 8.73. The molecule has 3 nitrogen and oxygen atoms in total. The molecular weight excluding hydrogens is 514 g/mol. The summed E-state index contributed by atoms with van der Waals surface area (Å²) in [6, 6.07) is 28.1. The van der Waals surface area contributed by atoms with Crippen LogP contribution in [0.5, 0.6) is 5.75 Å². The van der Waals surface area contributed by atoms with Gasteiger partial charge in [-0.1, -0.05) is 48.2 Å². The second kappa shape index (κ2) is 12.2. The number of ether oxygens (including phenoxy) is 2. The van der Waals surface area contributed by atoms with Crippen LogP contribution in [0.15, 0.2) is 106 Å². The Bertz CT molecular complexity index is 1460. The lowest BCUT2D eigenvalue weighted by molar-refractivity contribution is -0.154. The molecule has 0 heterocycles. The lowest BCUT2D eigenvalue weighted by Crippen LogP contribution is -2.29. The Morgan fingerprint density at radius 1 is 0.821 bits per heavy atom. The number of rotatable bonds is 7. The minimum Gasteiger partial charge on any atom is -0.481 e. The van der Waals surface area contributed by atoms with Crippen LogP contribution in [0.1, 0.15) is 30.5 Å². The number of hydrogen-bond donors (Lipinski definition) is 0. The van der Waals surface area contributed by atoms with Crippen molar-refractivity contribution in [3.8, 4) is 17.6 Å². The van der Waals surface area contributed by atoms with Crippen LogP contribution in [0.2, 0.25) is 0 Å². The van der Waals surface area contributed by atoms with Crippen LogP contribution in [0, 0.1) is 37.3 Å². The van der Waals surface area contributed by atoms with Crippen molar-refractivity contribution in [2.75, 3.05) is 6.61 Å². The van der Waals surface area contributed by atoms with Gasteiger partial charge in [0.05, 0.1) is 16.5 Å². The summed E-state index contributed by atoms with van der Waals surface area (Å²) < 4.78 is 38.4. The van der Waals surface area contributed by atoms with Gasteiger partial charge in [0.15, 0.2) is 26.9 Å². The summed E-state index contributed by atoms with van der Waals surface area (Å²) in [4.78, 5) is 16.2. The molecule has 0 spiro atoms. The van der Waals surface area contributed by atoms with Crippen molar-refractivity contribution in [2.24, 2.45) is 0 Å². The fourth-order valence-electron chi connectivity index (χ4n) is 4.06. The minimum absolute atomic E-state index is 0.0214. The van der Waals surface area contributed by atoms with Crippen molar-refractivity contribution in [2.45, 2.75) is 48.0 Å². The van der Waals surface area contributed by atoms with Gasteiger partial charge in [-0.2, -0.15) is 0 Å². The molecule has 0 aliphatic rings. The molecule has 0 fully saturated rings. The van der Waals surface area contributed by atoms with Gasteiger partial charge in [0.25, 0.3) is 0 Å². The third kappa shape index (κ3) is 7.28. The molecule has 4 rings (SSSR count). The molecule has 0 aliphatic heterocycles. The molecule has 39 heavy (non-hydrogen) atoms. The summed E-state index contributed by atoms with van der Waals surface area (Å²) in [7, 11) is -0.301. The van der Waals surface area contributed by atoms with E-state index in [1.807, 2.05) is 50.2 Å². The van der Waals surface area contributed by atoms with Crippen LogP contribution >= 0.6 is 0 Å². The highest BCUT2D eigenvalue weighted by atomic mass is 32.2. The Morgan fingerprint density at radius 2 is 1.38 bits per heavy atom. The van der Waals surface area contributed by atoms with E-state index < -0.39 is 23.2 Å². The van der Waals surface area contributed by atoms with Crippen LogP contribution in [0.25, 0.3) is 0 Å². The number of esters is 1. The topological polar surface area (TPSA) is 35.5 Å². The van der Waals surface area contributed by atoms with Gasteiger partial charge in [-0.05, 0) is 75.2 Å². The smallest absolute Gasteiger partial charge is 0.345 e. The molecule has 0 radical (unpaired) electrons. The normalized spacial score (nSPS) is 11.1. The van der Waals surface area contributed by atoms with Crippen molar-refractivity contribution in [1.29, 1.82) is 0 Å². The van der Waals surface area contributed by atoms with Gasteiger partial charge in [0, 0.05) is 18.2 Å². The number of aryl methyl sites for hydroxylation is 2. The summed E-state index contributed by atoms with van der Waals surface area (Å²) >= 11 is 0. The fraction of sp³-hybridized carbons (Fsp3) is 0.182. The number of halogens is 2. The summed E-state index contributed by atoms with van der Waals surface area (Å²) in [6.07, 6.45) is 0. The molecule has 0 aromatic heterocycles. The average Bonchev–Trinajstić information content (AvgIpc) is 2.89. The maximum Gasteiger partial charge on any atom is 0.345 e. The van der Waals surface area contributed by atoms with Gasteiger partial charge in [-0.25, -0.2) is 13.6 Å². The molecule has 0 atom stereocenters. The highest BCUT2D eigenvalue weighted by Gasteiger charge is 2.30. The number of carbonyl (C=O) groups is 1. The predicted molar refractivity (Wildman–Crippen MR) is 150 cm³/mol.